The zero-order valence-electron chi connectivity index (χ0n) is 24.2. The molecule has 1 aromatic rings. The van der Waals surface area contributed by atoms with Crippen LogP contribution in [0, 0.1) is 17.3 Å². The van der Waals surface area contributed by atoms with E-state index in [1.807, 2.05) is 12.1 Å². The Morgan fingerprint density at radius 1 is 0.957 bits per heavy atom. The van der Waals surface area contributed by atoms with Gasteiger partial charge in [0.1, 0.15) is 5.75 Å². The number of ether oxygens (including phenoxy) is 1. The summed E-state index contributed by atoms with van der Waals surface area (Å²) >= 11 is 11.6. The molecule has 0 radical (unpaired) electrons. The first-order valence-corrected chi connectivity index (χ1v) is 19.8. The van der Waals surface area contributed by atoms with Crippen LogP contribution in [0.25, 0.3) is 0 Å². The van der Waals surface area contributed by atoms with Crippen LogP contribution >= 0.6 is 46.2 Å². The Bertz CT molecular complexity index is 1320. The van der Waals surface area contributed by atoms with E-state index in [9.17, 15) is 23.6 Å². The number of hydrogen-bond donors (Lipinski definition) is 7. The van der Waals surface area contributed by atoms with Gasteiger partial charge in [0, 0.05) is 24.8 Å². The van der Waals surface area contributed by atoms with Crippen molar-refractivity contribution in [1.82, 2.24) is 4.90 Å². The number of amides is 1. The SMILES string of the molecule is CC(OP(=O)(O)O)(P(=O)(O)O)P(=O)(O)O.C[C@]12CC[C@@H]3c4ccc(OC(=O)N(CCCl)CCCl)cc4CC[C@H]3[C@@H]1CC[C@@H]2O.[NaH].[NaH].[NaH]. The number of carbonyl (C=O) groups excluding carboxylic acids is 1. The molecule has 1 amide bonds. The predicted molar refractivity (Wildman–Crippen MR) is 183 cm³/mol. The molecule has 4 rings (SSSR count). The standard InChI is InChI=1S/C23H31Cl2NO3.C2H9O10P3.3Na.3H/c1-23-9-8-18-17-5-3-16(29-22(28)26(12-10-24)13-11-25)14-15(17)2-4-19(18)20(23)6-7-21(23)27;1-2(13(3,4)5,14(6,7)8)12-15(9,10)11;;;;;;/h3,5,14,18-21,27H,2,4,6-13H2,1H3;1H3,(H2,3,4,5)(H2,6,7,8)(H2,9,10,11);;;;;;/t18-,19-,20+,21+,23+;;;;;;;/m1......./s1. The molecule has 47 heavy (non-hydrogen) atoms. The van der Waals surface area contributed by atoms with Crippen LogP contribution < -0.4 is 4.74 Å². The summed E-state index contributed by atoms with van der Waals surface area (Å²) in [5.74, 6) is 3.16. The van der Waals surface area contributed by atoms with Gasteiger partial charge in [-0.05, 0) is 91.9 Å². The summed E-state index contributed by atoms with van der Waals surface area (Å²) in [4.78, 5) is 64.9. The zero-order chi connectivity index (χ0) is 33.3. The Hall–Kier alpha value is 2.44. The number of alkyl halides is 2. The second-order valence-electron chi connectivity index (χ2n) is 11.8. The number of aryl methyl sites for hydroxylation is 1. The van der Waals surface area contributed by atoms with E-state index in [-0.39, 0.29) is 107 Å². The number of hydrogen-bond acceptors (Lipinski definition) is 7. The van der Waals surface area contributed by atoms with E-state index in [0.29, 0.717) is 48.4 Å². The van der Waals surface area contributed by atoms with E-state index in [0.717, 1.165) is 38.5 Å². The monoisotopic (exact) mass is 797 g/mol. The number of halogens is 2. The van der Waals surface area contributed by atoms with Crippen molar-refractivity contribution in [3.05, 3.63) is 29.3 Å². The Kier molecular flexibility index (Phi) is 20.7. The molecule has 5 atom stereocenters. The van der Waals surface area contributed by atoms with E-state index in [2.05, 4.69) is 17.5 Å². The molecule has 0 saturated heterocycles. The van der Waals surface area contributed by atoms with Crippen molar-refractivity contribution < 1.29 is 62.2 Å². The number of aliphatic hydroxyl groups is 1. The van der Waals surface area contributed by atoms with Crippen molar-refractivity contribution in [3.63, 3.8) is 0 Å². The molecule has 0 spiro atoms. The Labute approximate surface area is 350 Å². The first kappa shape index (κ1) is 49.4. The first-order chi connectivity index (χ1) is 20.2. The first-order valence-electron chi connectivity index (χ1n) is 14.0. The molecule has 2 saturated carbocycles. The van der Waals surface area contributed by atoms with Crippen molar-refractivity contribution in [1.29, 1.82) is 0 Å². The fraction of sp³-hybridized carbons (Fsp3) is 0.720. The number of phosphoric ester groups is 1. The molecule has 0 aliphatic heterocycles. The molecule has 2 fully saturated rings. The average Bonchev–Trinajstić information content (AvgIpc) is 3.20. The summed E-state index contributed by atoms with van der Waals surface area (Å²) in [6, 6.07) is 6.13. The van der Waals surface area contributed by atoms with E-state index >= 15 is 0 Å². The Morgan fingerprint density at radius 3 is 1.98 bits per heavy atom. The van der Waals surface area contributed by atoms with Crippen LogP contribution in [0.4, 0.5) is 4.79 Å². The number of nitrogens with zero attached hydrogens (tertiary/aromatic N) is 1. The molecule has 1 aromatic carbocycles. The van der Waals surface area contributed by atoms with Crippen LogP contribution in [0.15, 0.2) is 18.2 Å². The number of rotatable bonds is 9. The van der Waals surface area contributed by atoms with E-state index in [1.54, 1.807) is 4.90 Å². The quantitative estimate of drug-likeness (QED) is 0.108. The van der Waals surface area contributed by atoms with Gasteiger partial charge in [-0.2, -0.15) is 0 Å². The number of phosphoric acid groups is 1. The third-order valence-electron chi connectivity index (χ3n) is 9.19. The summed E-state index contributed by atoms with van der Waals surface area (Å²) in [5, 5.41) is 6.97. The van der Waals surface area contributed by atoms with Crippen LogP contribution in [0.3, 0.4) is 0 Å². The summed E-state index contributed by atoms with van der Waals surface area (Å²) in [5.41, 5.74) is 2.82. The van der Waals surface area contributed by atoms with Gasteiger partial charge in [0.25, 0.3) is 5.08 Å². The Morgan fingerprint density at radius 2 is 1.51 bits per heavy atom. The van der Waals surface area contributed by atoms with Gasteiger partial charge >= 0.3 is 118 Å². The van der Waals surface area contributed by atoms with Crippen molar-refractivity contribution in [2.24, 2.45) is 17.3 Å². The molecular weight excluding hydrogens is 755 g/mol. The van der Waals surface area contributed by atoms with Gasteiger partial charge in [-0.3, -0.25) is 13.7 Å². The van der Waals surface area contributed by atoms with Crippen LogP contribution in [0.1, 0.15) is 63.0 Å². The third kappa shape index (κ3) is 12.0. The minimum absolute atomic E-state index is 0. The van der Waals surface area contributed by atoms with Crippen LogP contribution in [-0.4, -0.2) is 170 Å². The van der Waals surface area contributed by atoms with E-state index < -0.39 is 34.2 Å². The maximum absolute atomic E-state index is 12.4. The van der Waals surface area contributed by atoms with Crippen molar-refractivity contribution in [2.75, 3.05) is 24.8 Å². The van der Waals surface area contributed by atoms with E-state index in [4.69, 9.17) is 57.3 Å². The summed E-state index contributed by atoms with van der Waals surface area (Å²) in [7, 11) is -16.6. The molecule has 258 valence electrons. The van der Waals surface area contributed by atoms with Gasteiger partial charge in [0.15, 0.2) is 0 Å². The molecule has 0 bridgehead atoms. The number of fused-ring (bicyclic) bond motifs is 5. The maximum atomic E-state index is 12.4. The number of carbonyl (C=O) groups is 1. The van der Waals surface area contributed by atoms with Crippen LogP contribution in [0.2, 0.25) is 0 Å². The van der Waals surface area contributed by atoms with Crippen LogP contribution in [0.5, 0.6) is 5.75 Å². The van der Waals surface area contributed by atoms with E-state index in [1.165, 1.54) is 11.1 Å². The third-order valence-corrected chi connectivity index (χ3v) is 14.3. The van der Waals surface area contributed by atoms with Crippen molar-refractivity contribution >= 4 is 141 Å². The van der Waals surface area contributed by atoms with Gasteiger partial charge < -0.3 is 44.1 Å². The molecule has 3 aliphatic rings. The van der Waals surface area contributed by atoms with Gasteiger partial charge in [-0.15, -0.1) is 23.2 Å². The van der Waals surface area contributed by atoms with Gasteiger partial charge in [-0.25, -0.2) is 9.36 Å². The summed E-state index contributed by atoms with van der Waals surface area (Å²) < 4.78 is 40.9. The topological polar surface area (TPSA) is 232 Å². The van der Waals surface area contributed by atoms with Gasteiger partial charge in [0.05, 0.1) is 6.10 Å². The van der Waals surface area contributed by atoms with Gasteiger partial charge in [-0.1, -0.05) is 13.0 Å². The molecule has 7 N–H and O–H groups in total. The number of aliphatic hydroxyl groups excluding tert-OH is 1. The van der Waals surface area contributed by atoms with Crippen LogP contribution in [-0.2, 0) is 24.6 Å². The zero-order valence-corrected chi connectivity index (χ0v) is 28.4. The van der Waals surface area contributed by atoms with Gasteiger partial charge in [0.2, 0.25) is 0 Å². The number of benzene rings is 1. The fourth-order valence-electron chi connectivity index (χ4n) is 6.76. The predicted octanol–water partition coefficient (Wildman–Crippen LogP) is 2.36. The minimum atomic E-state index is -5.58. The normalized spacial score (nSPS) is 25.2. The summed E-state index contributed by atoms with van der Waals surface area (Å²) in [6.07, 6.45) is 5.98. The molecular formula is C25H43Cl2NNa3O13P3. The molecule has 0 heterocycles. The van der Waals surface area contributed by atoms with Crippen molar-refractivity contribution in [3.8, 4) is 5.75 Å². The molecule has 14 nitrogen and oxygen atoms in total. The fourth-order valence-corrected chi connectivity index (χ4v) is 10.5. The molecule has 0 unspecified atom stereocenters. The Balaban J connectivity index is 0.00000102. The average molecular weight is 798 g/mol. The second kappa shape index (κ2) is 19.7. The van der Waals surface area contributed by atoms with Crippen molar-refractivity contribution in [2.45, 2.75) is 69.5 Å². The summed E-state index contributed by atoms with van der Waals surface area (Å²) in [6.45, 7) is 3.37. The molecule has 22 heteroatoms. The molecule has 0 aromatic heterocycles. The molecule has 3 aliphatic carbocycles. The second-order valence-corrected chi connectivity index (χ2v) is 17.9.